The van der Waals surface area contributed by atoms with Gasteiger partial charge in [0.1, 0.15) is 0 Å². The maximum atomic E-state index is 11.7. The molecule has 0 atom stereocenters. The van der Waals surface area contributed by atoms with Gasteiger partial charge in [-0.3, -0.25) is 4.55 Å². The molecule has 19 heavy (non-hydrogen) atoms. The number of hydrogen-bond acceptors (Lipinski definition) is 6. The van der Waals surface area contributed by atoms with E-state index in [2.05, 4.69) is 0 Å². The number of hydrogen-bond donors (Lipinski definition) is 1. The van der Waals surface area contributed by atoms with Gasteiger partial charge in [-0.1, -0.05) is 0 Å². The summed E-state index contributed by atoms with van der Waals surface area (Å²) in [5.41, 5.74) is -0.359. The molecule has 0 aromatic heterocycles. The minimum absolute atomic E-state index is 0.180. The van der Waals surface area contributed by atoms with Crippen molar-refractivity contribution < 1.29 is 32.0 Å². The van der Waals surface area contributed by atoms with Crippen LogP contribution in [0.4, 0.5) is 0 Å². The predicted octanol–water partition coefficient (Wildman–Crippen LogP) is 1.12. The Morgan fingerprint density at radius 3 is 1.89 bits per heavy atom. The number of fused-ring (bicyclic) bond motifs is 2. The molecule has 2 rings (SSSR count). The lowest BCUT2D eigenvalue weighted by molar-refractivity contribution is 0.0220. The highest BCUT2D eigenvalue weighted by Crippen LogP contribution is 2.21. The third-order valence-corrected chi connectivity index (χ3v) is 3.13. The van der Waals surface area contributed by atoms with Gasteiger partial charge in [-0.2, -0.15) is 8.42 Å². The van der Waals surface area contributed by atoms with Crippen molar-refractivity contribution in [3.63, 3.8) is 0 Å². The molecule has 1 aromatic rings. The van der Waals surface area contributed by atoms with Gasteiger partial charge in [0.05, 0.1) is 16.0 Å². The molecule has 0 amide bonds. The molecule has 7 nitrogen and oxygen atoms in total. The number of carbonyl (C=O) groups is 2. The minimum atomic E-state index is -4.55. The highest BCUT2D eigenvalue weighted by Gasteiger charge is 2.24. The zero-order chi connectivity index (χ0) is 14.2. The fourth-order valence-electron chi connectivity index (χ4n) is 1.42. The molecule has 0 saturated carbocycles. The molecule has 0 fully saturated rings. The summed E-state index contributed by atoms with van der Waals surface area (Å²) in [5.74, 6) is -2.09. The van der Waals surface area contributed by atoms with Crippen LogP contribution in [0.3, 0.4) is 0 Å². The van der Waals surface area contributed by atoms with Crippen LogP contribution >= 0.6 is 0 Å². The van der Waals surface area contributed by atoms with E-state index < -0.39 is 27.0 Å². The van der Waals surface area contributed by atoms with Crippen molar-refractivity contribution >= 4 is 22.1 Å². The van der Waals surface area contributed by atoms with Crippen molar-refractivity contribution in [3.8, 4) is 0 Å². The Morgan fingerprint density at radius 2 is 1.53 bits per heavy atom. The fraction of sp³-hybridized carbons (Fsp3) is 0.0909. The van der Waals surface area contributed by atoms with Gasteiger partial charge in [0, 0.05) is 0 Å². The van der Waals surface area contributed by atoms with Gasteiger partial charge < -0.3 is 9.47 Å². The first-order valence-corrected chi connectivity index (χ1v) is 6.48. The summed E-state index contributed by atoms with van der Waals surface area (Å²) in [6.45, 7) is 1.50. The highest BCUT2D eigenvalue weighted by molar-refractivity contribution is 7.85. The topological polar surface area (TPSA) is 107 Å². The van der Waals surface area contributed by atoms with E-state index in [0.29, 0.717) is 0 Å². The van der Waals surface area contributed by atoms with Crippen LogP contribution in [0.15, 0.2) is 35.1 Å². The number of esters is 2. The number of rotatable bonds is 1. The monoisotopic (exact) mass is 284 g/mol. The number of ether oxygens (including phenoxy) is 2. The summed E-state index contributed by atoms with van der Waals surface area (Å²) in [6.07, 6.45) is 1.27. The average molecular weight is 284 g/mol. The van der Waals surface area contributed by atoms with Crippen LogP contribution in [0, 0.1) is 0 Å². The Kier molecular flexibility index (Phi) is 3.13. The first-order chi connectivity index (χ1) is 8.81. The molecule has 1 aliphatic heterocycles. The molecule has 1 N–H and O–H groups in total. The van der Waals surface area contributed by atoms with Crippen molar-refractivity contribution in [3.05, 3.63) is 41.3 Å². The third kappa shape index (κ3) is 2.64. The predicted molar refractivity (Wildman–Crippen MR) is 60.8 cm³/mol. The van der Waals surface area contributed by atoms with E-state index in [0.717, 1.165) is 18.2 Å². The summed E-state index contributed by atoms with van der Waals surface area (Å²) in [6, 6.07) is 2.94. The molecular formula is C11H8O7S. The molecule has 0 unspecified atom stereocenters. The van der Waals surface area contributed by atoms with Crippen molar-refractivity contribution in [2.45, 2.75) is 11.8 Å². The van der Waals surface area contributed by atoms with Crippen LogP contribution in [0.5, 0.6) is 0 Å². The SMILES string of the molecule is CC=C1OC(=O)c2cc(cc(S(=O)(=O)O)c2)C(=O)O1. The van der Waals surface area contributed by atoms with E-state index in [4.69, 9.17) is 14.0 Å². The van der Waals surface area contributed by atoms with Gasteiger partial charge in [-0.05, 0) is 31.2 Å². The Morgan fingerprint density at radius 1 is 1.05 bits per heavy atom. The van der Waals surface area contributed by atoms with Crippen LogP contribution < -0.4 is 0 Å². The molecule has 2 bridgehead atoms. The quantitative estimate of drug-likeness (QED) is 0.608. The first kappa shape index (κ1) is 13.2. The van der Waals surface area contributed by atoms with Crippen molar-refractivity contribution in [1.82, 2.24) is 0 Å². The molecule has 0 spiro atoms. The largest absolute Gasteiger partial charge is 0.389 e. The lowest BCUT2D eigenvalue weighted by Gasteiger charge is -2.14. The molecule has 100 valence electrons. The smallest absolute Gasteiger partial charge is 0.345 e. The van der Waals surface area contributed by atoms with E-state index in [1.807, 2.05) is 0 Å². The summed E-state index contributed by atoms with van der Waals surface area (Å²) >= 11 is 0. The second-order valence-electron chi connectivity index (χ2n) is 3.61. The molecule has 1 aromatic carbocycles. The van der Waals surface area contributed by atoms with Gasteiger partial charge in [0.2, 0.25) is 0 Å². The van der Waals surface area contributed by atoms with E-state index in [9.17, 15) is 18.0 Å². The van der Waals surface area contributed by atoms with Crippen LogP contribution in [-0.4, -0.2) is 24.9 Å². The second-order valence-corrected chi connectivity index (χ2v) is 5.03. The third-order valence-electron chi connectivity index (χ3n) is 2.30. The maximum Gasteiger partial charge on any atom is 0.345 e. The van der Waals surface area contributed by atoms with E-state index >= 15 is 0 Å². The Labute approximate surface area is 108 Å². The number of benzene rings is 1. The lowest BCUT2D eigenvalue weighted by Crippen LogP contribution is -2.17. The Hall–Kier alpha value is -2.19. The van der Waals surface area contributed by atoms with Crippen LogP contribution in [0.2, 0.25) is 0 Å². The molecule has 0 radical (unpaired) electrons. The Bertz CT molecular complexity index is 662. The minimum Gasteiger partial charge on any atom is -0.389 e. The van der Waals surface area contributed by atoms with Gasteiger partial charge in [-0.15, -0.1) is 0 Å². The zero-order valence-corrected chi connectivity index (χ0v) is 10.4. The summed E-state index contributed by atoms with van der Waals surface area (Å²) < 4.78 is 40.5. The number of allylic oxidation sites excluding steroid dienone is 1. The zero-order valence-electron chi connectivity index (χ0n) is 9.61. The van der Waals surface area contributed by atoms with E-state index in [1.54, 1.807) is 0 Å². The fourth-order valence-corrected chi connectivity index (χ4v) is 1.97. The lowest BCUT2D eigenvalue weighted by atomic mass is 10.1. The second kappa shape index (κ2) is 4.48. The summed E-state index contributed by atoms with van der Waals surface area (Å²) in [5, 5.41) is 0. The first-order valence-electron chi connectivity index (χ1n) is 5.04. The van der Waals surface area contributed by atoms with E-state index in [-0.39, 0.29) is 17.1 Å². The average Bonchev–Trinajstić information content (AvgIpc) is 2.35. The number of cyclic esters (lactones) is 2. The van der Waals surface area contributed by atoms with Gasteiger partial charge >= 0.3 is 11.9 Å². The molecule has 8 heteroatoms. The van der Waals surface area contributed by atoms with Crippen molar-refractivity contribution in [2.75, 3.05) is 0 Å². The summed E-state index contributed by atoms with van der Waals surface area (Å²) in [4.78, 5) is 22.7. The van der Waals surface area contributed by atoms with Crippen molar-refractivity contribution in [1.29, 1.82) is 0 Å². The van der Waals surface area contributed by atoms with Crippen molar-refractivity contribution in [2.24, 2.45) is 0 Å². The molecule has 1 heterocycles. The van der Waals surface area contributed by atoms with Crippen LogP contribution in [-0.2, 0) is 19.6 Å². The normalized spacial score (nSPS) is 15.2. The van der Waals surface area contributed by atoms with Gasteiger partial charge in [-0.25, -0.2) is 9.59 Å². The molecule has 0 aliphatic carbocycles. The molecule has 1 aliphatic rings. The summed E-state index contributed by atoms with van der Waals surface area (Å²) in [7, 11) is -4.55. The number of carbonyl (C=O) groups excluding carboxylic acids is 2. The molecular weight excluding hydrogens is 276 g/mol. The standard InChI is InChI=1S/C11H8O7S/c1-2-9-17-10(12)6-3-7(11(13)18-9)5-8(4-6)19(14,15)16/h2-5H,1H3,(H,14,15,16). The van der Waals surface area contributed by atoms with Crippen LogP contribution in [0.25, 0.3) is 0 Å². The highest BCUT2D eigenvalue weighted by atomic mass is 32.2. The maximum absolute atomic E-state index is 11.7. The van der Waals surface area contributed by atoms with Crippen LogP contribution in [0.1, 0.15) is 27.6 Å². The Balaban J connectivity index is 2.65. The van der Waals surface area contributed by atoms with E-state index in [1.165, 1.54) is 13.0 Å². The van der Waals surface area contributed by atoms with Gasteiger partial charge in [0.25, 0.3) is 16.1 Å². The molecule has 0 saturated heterocycles. The van der Waals surface area contributed by atoms with Gasteiger partial charge in [0.15, 0.2) is 0 Å².